The van der Waals surface area contributed by atoms with Gasteiger partial charge in [-0.1, -0.05) is 0 Å². The van der Waals surface area contributed by atoms with Crippen molar-refractivity contribution in [3.8, 4) is 11.3 Å². The quantitative estimate of drug-likeness (QED) is 0.880. The monoisotopic (exact) mass is 258 g/mol. The molecule has 2 aromatic rings. The average Bonchev–Trinajstić information content (AvgIpc) is 2.98. The molecular weight excluding hydrogens is 240 g/mol. The zero-order chi connectivity index (χ0) is 13.4. The predicted molar refractivity (Wildman–Crippen MR) is 74.8 cm³/mol. The largest absolute Gasteiger partial charge is 0.368 e. The molecule has 0 spiro atoms. The number of anilines is 2. The number of nitrogen functional groups attached to an aromatic ring is 1. The lowest BCUT2D eigenvalue weighted by molar-refractivity contribution is 0.756. The summed E-state index contributed by atoms with van der Waals surface area (Å²) in [6.45, 7) is 4.06. The van der Waals surface area contributed by atoms with Crippen molar-refractivity contribution < 1.29 is 0 Å². The van der Waals surface area contributed by atoms with Crippen molar-refractivity contribution in [3.05, 3.63) is 18.0 Å². The van der Waals surface area contributed by atoms with Gasteiger partial charge in [-0.3, -0.25) is 4.68 Å². The van der Waals surface area contributed by atoms with Gasteiger partial charge in [0.25, 0.3) is 0 Å². The van der Waals surface area contributed by atoms with Gasteiger partial charge in [0, 0.05) is 38.0 Å². The van der Waals surface area contributed by atoms with Crippen LogP contribution in [0.25, 0.3) is 11.3 Å². The molecule has 3 rings (SSSR count). The van der Waals surface area contributed by atoms with E-state index in [4.69, 9.17) is 5.73 Å². The second kappa shape index (κ2) is 4.53. The second-order valence-corrected chi connectivity index (χ2v) is 4.97. The smallest absolute Gasteiger partial charge is 0.222 e. The van der Waals surface area contributed by atoms with E-state index in [1.165, 1.54) is 12.8 Å². The van der Waals surface area contributed by atoms with Crippen LogP contribution in [0.15, 0.2) is 12.3 Å². The first-order valence-corrected chi connectivity index (χ1v) is 6.53. The Morgan fingerprint density at radius 1 is 1.21 bits per heavy atom. The Hall–Kier alpha value is -2.11. The third-order valence-electron chi connectivity index (χ3n) is 3.45. The third kappa shape index (κ3) is 2.25. The number of aryl methyl sites for hydroxylation is 2. The Balaban J connectivity index is 2.04. The highest BCUT2D eigenvalue weighted by Crippen LogP contribution is 2.26. The summed E-state index contributed by atoms with van der Waals surface area (Å²) in [7, 11) is 1.91. The van der Waals surface area contributed by atoms with Gasteiger partial charge in [0.2, 0.25) is 5.95 Å². The fraction of sp³-hybridized carbons (Fsp3) is 0.462. The summed E-state index contributed by atoms with van der Waals surface area (Å²) >= 11 is 0. The first-order valence-electron chi connectivity index (χ1n) is 6.53. The van der Waals surface area contributed by atoms with Gasteiger partial charge in [0.1, 0.15) is 5.82 Å². The van der Waals surface area contributed by atoms with Crippen LogP contribution in [-0.4, -0.2) is 32.8 Å². The molecule has 0 atom stereocenters. The normalized spacial score (nSPS) is 15.2. The van der Waals surface area contributed by atoms with Crippen LogP contribution in [0.1, 0.15) is 18.5 Å². The molecule has 0 radical (unpaired) electrons. The predicted octanol–water partition coefficient (Wildman–Crippen LogP) is 1.37. The summed E-state index contributed by atoms with van der Waals surface area (Å²) in [5.74, 6) is 1.24. The highest BCUT2D eigenvalue weighted by molar-refractivity contribution is 5.66. The molecule has 1 aliphatic heterocycles. The number of nitrogens with two attached hydrogens (primary N) is 1. The van der Waals surface area contributed by atoms with E-state index in [0.29, 0.717) is 5.95 Å². The minimum atomic E-state index is 0.322. The Labute approximate surface area is 112 Å². The van der Waals surface area contributed by atoms with Crippen molar-refractivity contribution in [1.82, 2.24) is 19.7 Å². The van der Waals surface area contributed by atoms with E-state index in [2.05, 4.69) is 20.0 Å². The van der Waals surface area contributed by atoms with Gasteiger partial charge in [0.15, 0.2) is 0 Å². The molecule has 0 unspecified atom stereocenters. The summed E-state index contributed by atoms with van der Waals surface area (Å²) < 4.78 is 1.79. The van der Waals surface area contributed by atoms with Crippen LogP contribution in [0.4, 0.5) is 11.8 Å². The zero-order valence-corrected chi connectivity index (χ0v) is 11.3. The van der Waals surface area contributed by atoms with E-state index < -0.39 is 0 Å². The maximum atomic E-state index is 5.85. The number of hydrogen-bond acceptors (Lipinski definition) is 5. The maximum absolute atomic E-state index is 5.85. The summed E-state index contributed by atoms with van der Waals surface area (Å²) in [5.41, 5.74) is 8.66. The molecule has 2 aromatic heterocycles. The van der Waals surface area contributed by atoms with Crippen LogP contribution in [0, 0.1) is 6.92 Å². The van der Waals surface area contributed by atoms with E-state index in [0.717, 1.165) is 35.9 Å². The third-order valence-corrected chi connectivity index (χ3v) is 3.45. The van der Waals surface area contributed by atoms with Gasteiger partial charge in [-0.15, -0.1) is 0 Å². The van der Waals surface area contributed by atoms with Gasteiger partial charge >= 0.3 is 0 Å². The molecule has 6 heteroatoms. The molecule has 2 N–H and O–H groups in total. The van der Waals surface area contributed by atoms with Gasteiger partial charge in [-0.25, -0.2) is 4.98 Å². The minimum absolute atomic E-state index is 0.322. The number of hydrogen-bond donors (Lipinski definition) is 1. The summed E-state index contributed by atoms with van der Waals surface area (Å²) in [6.07, 6.45) is 4.39. The molecule has 100 valence electrons. The minimum Gasteiger partial charge on any atom is -0.368 e. The molecule has 1 aliphatic rings. The number of aromatic nitrogens is 4. The Bertz CT molecular complexity index is 597. The van der Waals surface area contributed by atoms with E-state index in [1.54, 1.807) is 4.68 Å². The van der Waals surface area contributed by atoms with Crippen molar-refractivity contribution >= 4 is 11.8 Å². The van der Waals surface area contributed by atoms with Crippen molar-refractivity contribution in [2.75, 3.05) is 23.7 Å². The van der Waals surface area contributed by atoms with E-state index >= 15 is 0 Å². The van der Waals surface area contributed by atoms with Crippen molar-refractivity contribution in [2.45, 2.75) is 19.8 Å². The number of nitrogens with zero attached hydrogens (tertiary/aromatic N) is 5. The molecule has 1 saturated heterocycles. The van der Waals surface area contributed by atoms with E-state index in [1.807, 2.05) is 26.2 Å². The van der Waals surface area contributed by atoms with Gasteiger partial charge in [-0.2, -0.15) is 10.1 Å². The summed E-state index contributed by atoms with van der Waals surface area (Å²) in [4.78, 5) is 10.9. The lowest BCUT2D eigenvalue weighted by Crippen LogP contribution is -2.19. The van der Waals surface area contributed by atoms with Crippen LogP contribution in [-0.2, 0) is 7.05 Å². The lowest BCUT2D eigenvalue weighted by atomic mass is 10.2. The topological polar surface area (TPSA) is 72.9 Å². The van der Waals surface area contributed by atoms with Crippen LogP contribution in [0.3, 0.4) is 0 Å². The number of rotatable bonds is 2. The van der Waals surface area contributed by atoms with Crippen molar-refractivity contribution in [3.63, 3.8) is 0 Å². The van der Waals surface area contributed by atoms with Crippen LogP contribution in [0.5, 0.6) is 0 Å². The first kappa shape index (κ1) is 12.0. The second-order valence-electron chi connectivity index (χ2n) is 4.97. The Morgan fingerprint density at radius 2 is 1.95 bits per heavy atom. The van der Waals surface area contributed by atoms with Crippen LogP contribution >= 0.6 is 0 Å². The first-order chi connectivity index (χ1) is 9.13. The van der Waals surface area contributed by atoms with E-state index in [9.17, 15) is 0 Å². The standard InChI is InChI=1S/C13H18N6/c1-9-10(8-18(2)17-9)11-7-12(16-13(14)15-11)19-5-3-4-6-19/h7-8H,3-6H2,1-2H3,(H2,14,15,16). The van der Waals surface area contributed by atoms with Crippen LogP contribution < -0.4 is 10.6 Å². The highest BCUT2D eigenvalue weighted by Gasteiger charge is 2.17. The maximum Gasteiger partial charge on any atom is 0.222 e. The molecular formula is C13H18N6. The Morgan fingerprint density at radius 3 is 2.58 bits per heavy atom. The Kier molecular flexibility index (Phi) is 2.85. The SMILES string of the molecule is Cc1nn(C)cc1-c1cc(N2CCCC2)nc(N)n1. The highest BCUT2D eigenvalue weighted by atomic mass is 15.3. The molecule has 6 nitrogen and oxygen atoms in total. The summed E-state index contributed by atoms with van der Waals surface area (Å²) in [6, 6.07) is 2.01. The van der Waals surface area contributed by atoms with Gasteiger partial charge in [-0.05, 0) is 19.8 Å². The average molecular weight is 258 g/mol. The molecule has 3 heterocycles. The molecule has 0 bridgehead atoms. The molecule has 1 fully saturated rings. The van der Waals surface area contributed by atoms with Gasteiger partial charge in [0.05, 0.1) is 11.4 Å². The molecule has 0 aliphatic carbocycles. The fourth-order valence-electron chi connectivity index (χ4n) is 2.55. The molecule has 0 saturated carbocycles. The van der Waals surface area contributed by atoms with Crippen molar-refractivity contribution in [1.29, 1.82) is 0 Å². The molecule has 0 aromatic carbocycles. The van der Waals surface area contributed by atoms with Crippen molar-refractivity contribution in [2.24, 2.45) is 7.05 Å². The lowest BCUT2D eigenvalue weighted by Gasteiger charge is -2.17. The van der Waals surface area contributed by atoms with E-state index in [-0.39, 0.29) is 0 Å². The molecule has 19 heavy (non-hydrogen) atoms. The van der Waals surface area contributed by atoms with Gasteiger partial charge < -0.3 is 10.6 Å². The zero-order valence-electron chi connectivity index (χ0n) is 11.3. The van der Waals surface area contributed by atoms with Crippen LogP contribution in [0.2, 0.25) is 0 Å². The fourth-order valence-corrected chi connectivity index (χ4v) is 2.55. The molecule has 0 amide bonds. The summed E-state index contributed by atoms with van der Waals surface area (Å²) in [5, 5.41) is 4.35.